The predicted octanol–water partition coefficient (Wildman–Crippen LogP) is 1.17. The van der Waals surface area contributed by atoms with Gasteiger partial charge in [0.2, 0.25) is 11.8 Å². The quantitative estimate of drug-likeness (QED) is 0.724. The van der Waals surface area contributed by atoms with Crippen LogP contribution in [0.5, 0.6) is 0 Å². The zero-order valence-electron chi connectivity index (χ0n) is 12.8. The topological polar surface area (TPSA) is 61.4 Å². The van der Waals surface area contributed by atoms with Crippen molar-refractivity contribution in [3.8, 4) is 0 Å². The van der Waals surface area contributed by atoms with Crippen LogP contribution < -0.4 is 10.6 Å². The third-order valence-corrected chi connectivity index (χ3v) is 3.73. The Kier molecular flexibility index (Phi) is 9.59. The fourth-order valence-electron chi connectivity index (χ4n) is 2.45. The van der Waals surface area contributed by atoms with Crippen LogP contribution in [0.4, 0.5) is 0 Å². The van der Waals surface area contributed by atoms with Gasteiger partial charge in [-0.25, -0.2) is 0 Å². The largest absolute Gasteiger partial charge is 0.356 e. The Labute approximate surface area is 128 Å². The summed E-state index contributed by atoms with van der Waals surface area (Å²) in [7, 11) is 1.77. The van der Waals surface area contributed by atoms with Crippen LogP contribution in [0.3, 0.4) is 0 Å². The lowest BCUT2D eigenvalue weighted by Gasteiger charge is -2.37. The molecule has 1 heterocycles. The van der Waals surface area contributed by atoms with Gasteiger partial charge in [-0.15, -0.1) is 12.4 Å². The summed E-state index contributed by atoms with van der Waals surface area (Å²) in [6.07, 6.45) is 3.87. The number of carbonyl (C=O) groups is 2. The third-order valence-electron chi connectivity index (χ3n) is 3.73. The maximum absolute atomic E-state index is 12.0. The Morgan fingerprint density at radius 1 is 1.30 bits per heavy atom. The fourth-order valence-corrected chi connectivity index (χ4v) is 2.45. The SMILES string of the molecule is CCCCNC(=O)C1CCC(C)N(C(=O)CNC)C1.Cl. The van der Waals surface area contributed by atoms with Crippen molar-refractivity contribution >= 4 is 24.2 Å². The van der Waals surface area contributed by atoms with Crippen LogP contribution >= 0.6 is 12.4 Å². The standard InChI is InChI=1S/C14H27N3O2.ClH/c1-4-5-8-16-14(19)12-7-6-11(2)17(10-12)13(18)9-15-3;/h11-12,15H,4-10H2,1-3H3,(H,16,19);1H. The maximum Gasteiger partial charge on any atom is 0.236 e. The highest BCUT2D eigenvalue weighted by atomic mass is 35.5. The van der Waals surface area contributed by atoms with E-state index in [1.807, 2.05) is 4.90 Å². The molecule has 20 heavy (non-hydrogen) atoms. The van der Waals surface area contributed by atoms with Crippen LogP contribution in [0.1, 0.15) is 39.5 Å². The van der Waals surface area contributed by atoms with Crippen molar-refractivity contribution in [2.45, 2.75) is 45.6 Å². The lowest BCUT2D eigenvalue weighted by Crippen LogP contribution is -2.51. The van der Waals surface area contributed by atoms with E-state index < -0.39 is 0 Å². The van der Waals surface area contributed by atoms with Gasteiger partial charge in [0.1, 0.15) is 0 Å². The summed E-state index contributed by atoms with van der Waals surface area (Å²) >= 11 is 0. The minimum absolute atomic E-state index is 0. The molecule has 0 aromatic heterocycles. The highest BCUT2D eigenvalue weighted by Crippen LogP contribution is 2.22. The van der Waals surface area contributed by atoms with Gasteiger partial charge in [0.25, 0.3) is 0 Å². The molecule has 0 radical (unpaired) electrons. The zero-order valence-corrected chi connectivity index (χ0v) is 13.6. The molecule has 2 unspecified atom stereocenters. The molecule has 1 aliphatic heterocycles. The molecule has 118 valence electrons. The molecule has 1 fully saturated rings. The minimum atomic E-state index is -0.0473. The molecule has 1 aliphatic rings. The summed E-state index contributed by atoms with van der Waals surface area (Å²) in [6, 6.07) is 0.237. The molecule has 0 aromatic carbocycles. The predicted molar refractivity (Wildman–Crippen MR) is 83.0 cm³/mol. The van der Waals surface area contributed by atoms with Gasteiger partial charge in [0, 0.05) is 19.1 Å². The van der Waals surface area contributed by atoms with Gasteiger partial charge >= 0.3 is 0 Å². The molecule has 0 saturated carbocycles. The Morgan fingerprint density at radius 2 is 2.00 bits per heavy atom. The number of unbranched alkanes of at least 4 members (excludes halogenated alkanes) is 1. The number of nitrogens with zero attached hydrogens (tertiary/aromatic N) is 1. The van der Waals surface area contributed by atoms with Crippen LogP contribution in [0.15, 0.2) is 0 Å². The average Bonchev–Trinajstić information content (AvgIpc) is 2.39. The second-order valence-electron chi connectivity index (χ2n) is 5.34. The van der Waals surface area contributed by atoms with Crippen LogP contribution in [-0.2, 0) is 9.59 Å². The Bertz CT molecular complexity index is 313. The van der Waals surface area contributed by atoms with Crippen molar-refractivity contribution in [2.24, 2.45) is 5.92 Å². The highest BCUT2D eigenvalue weighted by Gasteiger charge is 2.31. The van der Waals surface area contributed by atoms with Crippen LogP contribution in [0.2, 0.25) is 0 Å². The third kappa shape index (κ3) is 5.67. The van der Waals surface area contributed by atoms with Crippen molar-refractivity contribution in [3.63, 3.8) is 0 Å². The second kappa shape index (κ2) is 10.00. The lowest BCUT2D eigenvalue weighted by molar-refractivity contribution is -0.137. The molecule has 0 aliphatic carbocycles. The van der Waals surface area contributed by atoms with Crippen LogP contribution in [-0.4, -0.2) is 49.4 Å². The van der Waals surface area contributed by atoms with Crippen molar-refractivity contribution in [1.82, 2.24) is 15.5 Å². The number of halogens is 1. The van der Waals surface area contributed by atoms with Crippen molar-refractivity contribution in [1.29, 1.82) is 0 Å². The highest BCUT2D eigenvalue weighted by molar-refractivity contribution is 5.85. The molecule has 1 saturated heterocycles. The fraction of sp³-hybridized carbons (Fsp3) is 0.857. The number of rotatable bonds is 6. The summed E-state index contributed by atoms with van der Waals surface area (Å²) < 4.78 is 0. The summed E-state index contributed by atoms with van der Waals surface area (Å²) in [6.45, 7) is 5.80. The molecular weight excluding hydrogens is 278 g/mol. The molecule has 2 amide bonds. The number of carbonyl (C=O) groups excluding carboxylic acids is 2. The lowest BCUT2D eigenvalue weighted by atomic mass is 9.92. The van der Waals surface area contributed by atoms with E-state index in [9.17, 15) is 9.59 Å². The normalized spacial score (nSPS) is 22.1. The van der Waals surface area contributed by atoms with Gasteiger partial charge < -0.3 is 15.5 Å². The van der Waals surface area contributed by atoms with Gasteiger partial charge in [-0.3, -0.25) is 9.59 Å². The summed E-state index contributed by atoms with van der Waals surface area (Å²) in [4.78, 5) is 25.8. The molecule has 0 spiro atoms. The number of hydrogen-bond acceptors (Lipinski definition) is 3. The van der Waals surface area contributed by atoms with E-state index in [-0.39, 0.29) is 36.2 Å². The first-order chi connectivity index (χ1) is 9.10. The monoisotopic (exact) mass is 305 g/mol. The van der Waals surface area contributed by atoms with E-state index >= 15 is 0 Å². The van der Waals surface area contributed by atoms with Gasteiger partial charge in [0.05, 0.1) is 12.5 Å². The zero-order chi connectivity index (χ0) is 14.3. The molecule has 1 rings (SSSR count). The first-order valence-electron chi connectivity index (χ1n) is 7.31. The van der Waals surface area contributed by atoms with Gasteiger partial charge in [0.15, 0.2) is 0 Å². The molecule has 2 atom stereocenters. The van der Waals surface area contributed by atoms with E-state index in [2.05, 4.69) is 24.5 Å². The Balaban J connectivity index is 0.00000361. The second-order valence-corrected chi connectivity index (χ2v) is 5.34. The van der Waals surface area contributed by atoms with Crippen LogP contribution in [0.25, 0.3) is 0 Å². The summed E-state index contributed by atoms with van der Waals surface area (Å²) in [5, 5.41) is 5.85. The van der Waals surface area contributed by atoms with E-state index in [4.69, 9.17) is 0 Å². The van der Waals surface area contributed by atoms with Crippen molar-refractivity contribution in [2.75, 3.05) is 26.7 Å². The Morgan fingerprint density at radius 3 is 2.60 bits per heavy atom. The number of likely N-dealkylation sites (N-methyl/N-ethyl adjacent to an activating group) is 1. The molecule has 6 heteroatoms. The first-order valence-corrected chi connectivity index (χ1v) is 7.31. The van der Waals surface area contributed by atoms with E-state index in [0.29, 0.717) is 13.1 Å². The van der Waals surface area contributed by atoms with E-state index in [1.165, 1.54) is 0 Å². The average molecular weight is 306 g/mol. The number of amides is 2. The minimum Gasteiger partial charge on any atom is -0.356 e. The van der Waals surface area contributed by atoms with E-state index in [0.717, 1.165) is 32.2 Å². The number of hydrogen-bond donors (Lipinski definition) is 2. The van der Waals surface area contributed by atoms with E-state index in [1.54, 1.807) is 7.05 Å². The summed E-state index contributed by atoms with van der Waals surface area (Å²) in [5.41, 5.74) is 0. The number of piperidine rings is 1. The smallest absolute Gasteiger partial charge is 0.236 e. The maximum atomic E-state index is 12.0. The first kappa shape index (κ1) is 19.2. The molecular formula is C14H28ClN3O2. The number of likely N-dealkylation sites (tertiary alicyclic amines) is 1. The van der Waals surface area contributed by atoms with Gasteiger partial charge in [-0.05, 0) is 33.2 Å². The molecule has 0 bridgehead atoms. The van der Waals surface area contributed by atoms with Gasteiger partial charge in [-0.1, -0.05) is 13.3 Å². The Hall–Kier alpha value is -0.810. The van der Waals surface area contributed by atoms with Crippen molar-refractivity contribution < 1.29 is 9.59 Å². The number of nitrogens with one attached hydrogen (secondary N) is 2. The van der Waals surface area contributed by atoms with Crippen molar-refractivity contribution in [3.05, 3.63) is 0 Å². The molecule has 2 N–H and O–H groups in total. The van der Waals surface area contributed by atoms with Crippen LogP contribution in [0, 0.1) is 5.92 Å². The molecule has 0 aromatic rings. The molecule has 5 nitrogen and oxygen atoms in total. The van der Waals surface area contributed by atoms with Gasteiger partial charge in [-0.2, -0.15) is 0 Å². The summed E-state index contributed by atoms with van der Waals surface area (Å²) in [5.74, 6) is 0.137.